The van der Waals surface area contributed by atoms with Crippen molar-refractivity contribution >= 4 is 27.3 Å². The Labute approximate surface area is 228 Å². The molecule has 0 radical (unpaired) electrons. The highest BCUT2D eigenvalue weighted by Crippen LogP contribution is 2.35. The minimum absolute atomic E-state index is 0.138. The highest BCUT2D eigenvalue weighted by atomic mass is 32.2. The maximum Gasteiger partial charge on any atom is 0.435 e. The van der Waals surface area contributed by atoms with E-state index in [4.69, 9.17) is 10.8 Å². The van der Waals surface area contributed by atoms with Crippen molar-refractivity contribution in [3.63, 3.8) is 0 Å². The van der Waals surface area contributed by atoms with E-state index in [-0.39, 0.29) is 27.7 Å². The van der Waals surface area contributed by atoms with Gasteiger partial charge < -0.3 is 16.2 Å². The topological polar surface area (TPSA) is 139 Å². The first-order chi connectivity index (χ1) is 18.8. The van der Waals surface area contributed by atoms with Crippen LogP contribution in [0.2, 0.25) is 0 Å². The van der Waals surface area contributed by atoms with Gasteiger partial charge in [0.1, 0.15) is 6.04 Å². The molecule has 0 aliphatic rings. The Bertz CT molecular complexity index is 1650. The van der Waals surface area contributed by atoms with Crippen molar-refractivity contribution in [3.05, 3.63) is 89.6 Å². The Hall–Kier alpha value is -4.20. The maximum atomic E-state index is 13.6. The van der Waals surface area contributed by atoms with Crippen LogP contribution in [0.5, 0.6) is 0 Å². The van der Waals surface area contributed by atoms with Gasteiger partial charge in [-0.25, -0.2) is 13.1 Å². The highest BCUT2D eigenvalue weighted by molar-refractivity contribution is 7.92. The fraction of sp³-hybridized carbons (Fsp3) is 0.185. The van der Waals surface area contributed by atoms with Crippen LogP contribution in [-0.2, 0) is 21.0 Å². The van der Waals surface area contributed by atoms with E-state index in [9.17, 15) is 26.4 Å². The number of amides is 1. The molecule has 9 nitrogen and oxygen atoms in total. The van der Waals surface area contributed by atoms with Gasteiger partial charge >= 0.3 is 6.18 Å². The van der Waals surface area contributed by atoms with E-state index < -0.39 is 40.4 Å². The number of hydrogen-bond acceptors (Lipinski definition) is 6. The molecule has 0 spiro atoms. The fourth-order valence-corrected chi connectivity index (χ4v) is 4.93. The van der Waals surface area contributed by atoms with Crippen LogP contribution in [0.25, 0.3) is 16.9 Å². The predicted octanol–water partition coefficient (Wildman–Crippen LogP) is 4.23. The second-order valence-corrected chi connectivity index (χ2v) is 10.8. The SMILES string of the molecule is Cc1ccc(C)c(-c2cc(C(F)(F)F)nn2-c2ccc(S(=O)(=O)Nc3cccc(NC(=O)[C@@H](N)CO)c3)cc2)c1. The number of aliphatic hydroxyl groups excluding tert-OH is 1. The normalized spacial score (nSPS) is 12.7. The summed E-state index contributed by atoms with van der Waals surface area (Å²) < 4.78 is 70.3. The molecule has 210 valence electrons. The molecule has 0 aliphatic heterocycles. The van der Waals surface area contributed by atoms with Gasteiger partial charge in [-0.05, 0) is 74.0 Å². The minimum atomic E-state index is -4.68. The summed E-state index contributed by atoms with van der Waals surface area (Å²) >= 11 is 0. The van der Waals surface area contributed by atoms with E-state index >= 15 is 0 Å². The Kier molecular flexibility index (Phi) is 8.00. The molecule has 0 saturated heterocycles. The zero-order valence-electron chi connectivity index (χ0n) is 21.4. The molecule has 1 atom stereocenters. The number of nitrogens with one attached hydrogen (secondary N) is 2. The summed E-state index contributed by atoms with van der Waals surface area (Å²) in [6.45, 7) is 3.05. The predicted molar refractivity (Wildman–Crippen MR) is 144 cm³/mol. The first-order valence-electron chi connectivity index (χ1n) is 11.9. The van der Waals surface area contributed by atoms with E-state index in [2.05, 4.69) is 15.1 Å². The number of carbonyl (C=O) groups is 1. The number of rotatable bonds is 8. The third-order valence-corrected chi connectivity index (χ3v) is 7.37. The van der Waals surface area contributed by atoms with Crippen molar-refractivity contribution in [1.82, 2.24) is 9.78 Å². The summed E-state index contributed by atoms with van der Waals surface area (Å²) in [5.74, 6) is -0.648. The van der Waals surface area contributed by atoms with Gasteiger partial charge in [-0.3, -0.25) is 9.52 Å². The minimum Gasteiger partial charge on any atom is -0.394 e. The monoisotopic (exact) mass is 573 g/mol. The number of anilines is 2. The molecule has 4 aromatic rings. The quantitative estimate of drug-likeness (QED) is 0.249. The lowest BCUT2D eigenvalue weighted by molar-refractivity contribution is -0.141. The summed E-state index contributed by atoms with van der Waals surface area (Å²) in [4.78, 5) is 11.8. The standard InChI is InChI=1S/C27H26F3N5O4S/c1-16-6-7-17(2)22(12-16)24-14-25(27(28,29)30)33-35(24)20-8-10-21(11-9-20)40(38,39)34-19-5-3-4-18(13-19)32-26(37)23(31)15-36/h3-14,23,34,36H,15,31H2,1-2H3,(H,32,37)/t23-/m0/s1. The molecule has 0 aliphatic carbocycles. The van der Waals surface area contributed by atoms with Crippen molar-refractivity contribution in [1.29, 1.82) is 0 Å². The van der Waals surface area contributed by atoms with Gasteiger partial charge in [0.05, 0.1) is 28.6 Å². The van der Waals surface area contributed by atoms with Crippen LogP contribution >= 0.6 is 0 Å². The average Bonchev–Trinajstić information content (AvgIpc) is 3.35. The van der Waals surface area contributed by atoms with Gasteiger partial charge in [-0.1, -0.05) is 23.8 Å². The van der Waals surface area contributed by atoms with Gasteiger partial charge in [0.25, 0.3) is 10.0 Å². The molecule has 4 rings (SSSR count). The van der Waals surface area contributed by atoms with Crippen molar-refractivity contribution in [2.45, 2.75) is 31.0 Å². The molecule has 1 aromatic heterocycles. The molecule has 40 heavy (non-hydrogen) atoms. The molecule has 0 unspecified atom stereocenters. The number of aryl methyl sites for hydroxylation is 2. The van der Waals surface area contributed by atoms with Crippen molar-refractivity contribution in [2.75, 3.05) is 16.6 Å². The highest BCUT2D eigenvalue weighted by Gasteiger charge is 2.35. The summed E-state index contributed by atoms with van der Waals surface area (Å²) in [5.41, 5.74) is 7.40. The Morgan fingerprint density at radius 2 is 1.70 bits per heavy atom. The number of aromatic nitrogens is 2. The molecule has 0 bridgehead atoms. The van der Waals surface area contributed by atoms with Crippen LogP contribution in [0, 0.1) is 13.8 Å². The number of benzene rings is 3. The number of nitrogens with zero attached hydrogens (tertiary/aromatic N) is 2. The third kappa shape index (κ3) is 6.33. The van der Waals surface area contributed by atoms with Crippen molar-refractivity contribution < 1.29 is 31.5 Å². The average molecular weight is 574 g/mol. The smallest absolute Gasteiger partial charge is 0.394 e. The van der Waals surface area contributed by atoms with Gasteiger partial charge in [0.15, 0.2) is 5.69 Å². The number of hydrogen-bond donors (Lipinski definition) is 4. The Morgan fingerprint density at radius 1 is 1.02 bits per heavy atom. The van der Waals surface area contributed by atoms with Crippen molar-refractivity contribution in [2.24, 2.45) is 5.73 Å². The van der Waals surface area contributed by atoms with E-state index in [1.807, 2.05) is 13.0 Å². The van der Waals surface area contributed by atoms with E-state index in [1.54, 1.807) is 19.1 Å². The van der Waals surface area contributed by atoms with Crippen molar-refractivity contribution in [3.8, 4) is 16.9 Å². The zero-order valence-corrected chi connectivity index (χ0v) is 22.2. The van der Waals surface area contributed by atoms with E-state index in [0.717, 1.165) is 21.9 Å². The van der Waals surface area contributed by atoms with Crippen LogP contribution in [0.1, 0.15) is 16.8 Å². The molecular formula is C27H26F3N5O4S. The second kappa shape index (κ2) is 11.1. The first kappa shape index (κ1) is 28.8. The van der Waals surface area contributed by atoms with Gasteiger partial charge in [-0.15, -0.1) is 0 Å². The molecule has 0 fully saturated rings. The van der Waals surface area contributed by atoms with Crippen LogP contribution in [0.15, 0.2) is 77.7 Å². The maximum absolute atomic E-state index is 13.6. The largest absolute Gasteiger partial charge is 0.435 e. The molecule has 3 aromatic carbocycles. The van der Waals surface area contributed by atoms with E-state index in [1.165, 1.54) is 48.5 Å². The third-order valence-electron chi connectivity index (χ3n) is 5.98. The van der Waals surface area contributed by atoms with Gasteiger partial charge in [-0.2, -0.15) is 18.3 Å². The lowest BCUT2D eigenvalue weighted by atomic mass is 10.0. The Morgan fingerprint density at radius 3 is 2.35 bits per heavy atom. The fourth-order valence-electron chi connectivity index (χ4n) is 3.88. The second-order valence-electron chi connectivity index (χ2n) is 9.10. The zero-order chi connectivity index (χ0) is 29.2. The molecule has 5 N–H and O–H groups in total. The molecule has 0 saturated carbocycles. The Balaban J connectivity index is 1.64. The van der Waals surface area contributed by atoms with Gasteiger partial charge in [0, 0.05) is 11.3 Å². The summed E-state index contributed by atoms with van der Waals surface area (Å²) in [6, 6.07) is 16.3. The van der Waals surface area contributed by atoms with Crippen LogP contribution in [0.4, 0.5) is 24.5 Å². The van der Waals surface area contributed by atoms with E-state index in [0.29, 0.717) is 5.56 Å². The number of halogens is 3. The lowest BCUT2D eigenvalue weighted by Crippen LogP contribution is -2.38. The lowest BCUT2D eigenvalue weighted by Gasteiger charge is -2.13. The number of aliphatic hydroxyl groups is 1. The van der Waals surface area contributed by atoms with Crippen LogP contribution in [-0.4, -0.2) is 41.9 Å². The number of alkyl halides is 3. The number of sulfonamides is 1. The first-order valence-corrected chi connectivity index (χ1v) is 13.4. The molecule has 13 heteroatoms. The number of nitrogens with two attached hydrogens (primary N) is 1. The number of carbonyl (C=O) groups excluding carboxylic acids is 1. The summed E-state index contributed by atoms with van der Waals surface area (Å²) in [6.07, 6.45) is -4.68. The van der Waals surface area contributed by atoms with Crippen LogP contribution < -0.4 is 15.8 Å². The van der Waals surface area contributed by atoms with Gasteiger partial charge in [0.2, 0.25) is 5.91 Å². The molecule has 1 amide bonds. The summed E-state index contributed by atoms with van der Waals surface area (Å²) in [5, 5.41) is 15.3. The molecule has 1 heterocycles. The van der Waals surface area contributed by atoms with Crippen LogP contribution in [0.3, 0.4) is 0 Å². The molecular weight excluding hydrogens is 547 g/mol. The summed E-state index contributed by atoms with van der Waals surface area (Å²) in [7, 11) is -4.11.